The Hall–Kier alpha value is -4.19. The third-order valence-corrected chi connectivity index (χ3v) is 7.56. The van der Waals surface area contributed by atoms with Gasteiger partial charge in [-0.25, -0.2) is 19.9 Å². The predicted molar refractivity (Wildman–Crippen MR) is 131 cm³/mol. The molecule has 5 heterocycles. The molecule has 194 valence electrons. The normalized spacial score (nSPS) is 20.6. The molecule has 12 heteroatoms. The number of ether oxygens (including phenoxy) is 2. The van der Waals surface area contributed by atoms with Gasteiger partial charge < -0.3 is 19.3 Å². The van der Waals surface area contributed by atoms with E-state index in [2.05, 4.69) is 19.9 Å². The molecule has 38 heavy (non-hydrogen) atoms. The maximum atomic E-state index is 13.3. The van der Waals surface area contributed by atoms with Gasteiger partial charge in [0.15, 0.2) is 0 Å². The van der Waals surface area contributed by atoms with E-state index in [1.165, 1.54) is 6.07 Å². The van der Waals surface area contributed by atoms with E-state index in [0.29, 0.717) is 48.2 Å². The van der Waals surface area contributed by atoms with Crippen LogP contribution < -0.4 is 9.64 Å². The van der Waals surface area contributed by atoms with Crippen molar-refractivity contribution >= 4 is 17.6 Å². The molecule has 10 nitrogen and oxygen atoms in total. The Morgan fingerprint density at radius 3 is 2.61 bits per heavy atom. The van der Waals surface area contributed by atoms with E-state index in [1.807, 2.05) is 10.6 Å². The molecule has 2 aliphatic heterocycles. The Balaban J connectivity index is 1.33. The summed E-state index contributed by atoms with van der Waals surface area (Å²) in [5.74, 6) is 0.497. The summed E-state index contributed by atoms with van der Waals surface area (Å²) in [5, 5.41) is 0. The van der Waals surface area contributed by atoms with Crippen molar-refractivity contribution in [1.82, 2.24) is 29.2 Å². The highest BCUT2D eigenvalue weighted by Crippen LogP contribution is 2.52. The lowest BCUT2D eigenvalue weighted by Gasteiger charge is -2.26. The molecule has 2 bridgehead atoms. The molecule has 1 aliphatic carbocycles. The molecule has 2 unspecified atom stereocenters. The number of morpholine rings is 1. The van der Waals surface area contributed by atoms with Crippen molar-refractivity contribution in [2.45, 2.75) is 25.0 Å². The smallest absolute Gasteiger partial charge is 0.387 e. The van der Waals surface area contributed by atoms with Gasteiger partial charge in [-0.15, -0.1) is 0 Å². The first-order chi connectivity index (χ1) is 18.5. The third-order valence-electron chi connectivity index (χ3n) is 7.56. The summed E-state index contributed by atoms with van der Waals surface area (Å²) in [7, 11) is 1.71. The zero-order valence-corrected chi connectivity index (χ0v) is 20.4. The minimum absolute atomic E-state index is 0.00363. The summed E-state index contributed by atoms with van der Waals surface area (Å²) >= 11 is 0. The standard InChI is InChI=1S/C26H23F2N7O3/c1-33-18-9-17(20-16(23(33)36)3-2-4-19(20)38-24(27)28)22-21(18)32-26-31-12-15(13-35(22)26)14-10-29-25(30-11-14)34-5-7-37-8-6-34/h2-4,10-13,17-18,24H,5-9H2,1H3. The van der Waals surface area contributed by atoms with Crippen LogP contribution in [0.3, 0.4) is 0 Å². The first-order valence-corrected chi connectivity index (χ1v) is 12.4. The highest BCUT2D eigenvalue weighted by atomic mass is 19.3. The molecular formula is C26H23F2N7O3. The predicted octanol–water partition coefficient (Wildman–Crippen LogP) is 3.29. The average molecular weight is 520 g/mol. The lowest BCUT2D eigenvalue weighted by Crippen LogP contribution is -2.37. The molecule has 1 aromatic carbocycles. The summed E-state index contributed by atoms with van der Waals surface area (Å²) in [5.41, 5.74) is 3.91. The van der Waals surface area contributed by atoms with Gasteiger partial charge in [0.25, 0.3) is 5.91 Å². The molecule has 7 rings (SSSR count). The van der Waals surface area contributed by atoms with Crippen LogP contribution >= 0.6 is 0 Å². The molecule has 1 amide bonds. The van der Waals surface area contributed by atoms with Gasteiger partial charge in [-0.1, -0.05) is 6.07 Å². The number of rotatable bonds is 4. The van der Waals surface area contributed by atoms with Crippen molar-refractivity contribution in [3.63, 3.8) is 0 Å². The maximum absolute atomic E-state index is 13.3. The van der Waals surface area contributed by atoms with Crippen LogP contribution in [-0.4, -0.2) is 75.1 Å². The largest absolute Gasteiger partial charge is 0.434 e. The van der Waals surface area contributed by atoms with Gasteiger partial charge in [-0.3, -0.25) is 9.20 Å². The molecule has 0 radical (unpaired) electrons. The molecular weight excluding hydrogens is 496 g/mol. The molecule has 0 saturated carbocycles. The Morgan fingerprint density at radius 1 is 1.08 bits per heavy atom. The third kappa shape index (κ3) is 3.51. The first kappa shape index (κ1) is 23.0. The molecule has 3 aromatic heterocycles. The number of nitrogens with zero attached hydrogens (tertiary/aromatic N) is 7. The minimum Gasteiger partial charge on any atom is -0.434 e. The van der Waals surface area contributed by atoms with Gasteiger partial charge in [0.2, 0.25) is 11.7 Å². The molecule has 0 spiro atoms. The van der Waals surface area contributed by atoms with Crippen molar-refractivity contribution < 1.29 is 23.0 Å². The lowest BCUT2D eigenvalue weighted by molar-refractivity contribution is -0.0506. The number of amides is 1. The number of carbonyl (C=O) groups is 1. The van der Waals surface area contributed by atoms with E-state index >= 15 is 0 Å². The van der Waals surface area contributed by atoms with Crippen LogP contribution in [0.1, 0.15) is 45.7 Å². The monoisotopic (exact) mass is 519 g/mol. The number of benzene rings is 1. The number of hydrogen-bond acceptors (Lipinski definition) is 8. The highest BCUT2D eigenvalue weighted by molar-refractivity contribution is 5.98. The van der Waals surface area contributed by atoms with Crippen LogP contribution in [0.5, 0.6) is 5.75 Å². The van der Waals surface area contributed by atoms with Gasteiger partial charge in [-0.2, -0.15) is 8.78 Å². The van der Waals surface area contributed by atoms with Crippen molar-refractivity contribution in [1.29, 1.82) is 0 Å². The number of halogens is 2. The van der Waals surface area contributed by atoms with Gasteiger partial charge in [0.1, 0.15) is 5.75 Å². The Bertz CT molecular complexity index is 1550. The number of carbonyl (C=O) groups excluding carboxylic acids is 1. The number of alkyl halides is 2. The van der Waals surface area contributed by atoms with Gasteiger partial charge in [-0.05, 0) is 18.6 Å². The maximum Gasteiger partial charge on any atom is 0.387 e. The number of fused-ring (bicyclic) bond motifs is 9. The fourth-order valence-corrected chi connectivity index (χ4v) is 5.77. The van der Waals surface area contributed by atoms with E-state index in [0.717, 1.165) is 29.9 Å². The second-order valence-electron chi connectivity index (χ2n) is 9.58. The Labute approximate surface area is 215 Å². The molecule has 3 aliphatic rings. The Kier molecular flexibility index (Phi) is 5.25. The van der Waals surface area contributed by atoms with Crippen LogP contribution in [0.15, 0.2) is 43.0 Å². The summed E-state index contributed by atoms with van der Waals surface area (Å²) in [6.07, 6.45) is 7.66. The van der Waals surface area contributed by atoms with E-state index < -0.39 is 6.61 Å². The summed E-state index contributed by atoms with van der Waals surface area (Å²) < 4.78 is 38.8. The van der Waals surface area contributed by atoms with Gasteiger partial charge >= 0.3 is 6.61 Å². The number of aromatic nitrogens is 5. The van der Waals surface area contributed by atoms with Crippen LogP contribution in [-0.2, 0) is 4.74 Å². The molecule has 1 fully saturated rings. The lowest BCUT2D eigenvalue weighted by atomic mass is 9.91. The zero-order valence-electron chi connectivity index (χ0n) is 20.4. The van der Waals surface area contributed by atoms with E-state index in [-0.39, 0.29) is 23.6 Å². The van der Waals surface area contributed by atoms with Gasteiger partial charge in [0, 0.05) is 73.1 Å². The van der Waals surface area contributed by atoms with Crippen LogP contribution in [0.25, 0.3) is 16.9 Å². The number of hydrogen-bond donors (Lipinski definition) is 0. The van der Waals surface area contributed by atoms with Crippen LogP contribution in [0.2, 0.25) is 0 Å². The minimum atomic E-state index is -3.01. The van der Waals surface area contributed by atoms with Crippen LogP contribution in [0.4, 0.5) is 14.7 Å². The zero-order chi connectivity index (χ0) is 26.0. The number of imidazole rings is 1. The molecule has 2 atom stereocenters. The van der Waals surface area contributed by atoms with Crippen molar-refractivity contribution in [2.75, 3.05) is 38.3 Å². The average Bonchev–Trinajstić information content (AvgIpc) is 3.46. The first-order valence-electron chi connectivity index (χ1n) is 12.4. The van der Waals surface area contributed by atoms with E-state index in [1.54, 1.807) is 42.7 Å². The van der Waals surface area contributed by atoms with Crippen molar-refractivity contribution in [2.24, 2.45) is 0 Å². The second kappa shape index (κ2) is 8.69. The highest BCUT2D eigenvalue weighted by Gasteiger charge is 2.46. The quantitative estimate of drug-likeness (QED) is 0.405. The Morgan fingerprint density at radius 2 is 1.84 bits per heavy atom. The summed E-state index contributed by atoms with van der Waals surface area (Å²) in [6.45, 7) is -0.232. The SMILES string of the molecule is CN1C(=O)c2cccc(OC(F)F)c2C2CC1c1nc3ncc(-c4cnc(N5CCOCC5)nc4)cn3c12. The second-order valence-corrected chi connectivity index (χ2v) is 9.58. The topological polar surface area (TPSA) is 98.0 Å². The van der Waals surface area contributed by atoms with E-state index in [4.69, 9.17) is 14.5 Å². The van der Waals surface area contributed by atoms with E-state index in [9.17, 15) is 13.6 Å². The fourth-order valence-electron chi connectivity index (χ4n) is 5.77. The number of anilines is 1. The van der Waals surface area contributed by atoms with Gasteiger partial charge in [0.05, 0.1) is 30.6 Å². The molecule has 1 saturated heterocycles. The fraction of sp³-hybridized carbons (Fsp3) is 0.346. The summed E-state index contributed by atoms with van der Waals surface area (Å²) in [6, 6.07) is 4.40. The molecule has 0 N–H and O–H groups in total. The van der Waals surface area contributed by atoms with Crippen LogP contribution in [0, 0.1) is 0 Å². The van der Waals surface area contributed by atoms with Crippen molar-refractivity contribution in [3.05, 3.63) is 65.5 Å². The molecule has 4 aromatic rings. The summed E-state index contributed by atoms with van der Waals surface area (Å²) in [4.78, 5) is 35.4. The van der Waals surface area contributed by atoms with Crippen molar-refractivity contribution in [3.8, 4) is 16.9 Å².